The highest BCUT2D eigenvalue weighted by Crippen LogP contribution is 2.29. The Morgan fingerprint density at radius 2 is 1.71 bits per heavy atom. The number of fused-ring (bicyclic) bond motifs is 1. The van der Waals surface area contributed by atoms with Gasteiger partial charge in [-0.2, -0.15) is 0 Å². The van der Waals surface area contributed by atoms with Crippen molar-refractivity contribution < 1.29 is 14.3 Å². The van der Waals surface area contributed by atoms with Crippen molar-refractivity contribution in [1.29, 1.82) is 0 Å². The molecule has 0 fully saturated rings. The molecule has 122 valence electrons. The van der Waals surface area contributed by atoms with Gasteiger partial charge in [0, 0.05) is 10.9 Å². The summed E-state index contributed by atoms with van der Waals surface area (Å²) in [5.74, 6) is 0.418. The number of benzene rings is 2. The van der Waals surface area contributed by atoms with Crippen molar-refractivity contribution in [3.8, 4) is 17.0 Å². The molecule has 0 unspecified atom stereocenters. The highest BCUT2D eigenvalue weighted by molar-refractivity contribution is 6.05. The summed E-state index contributed by atoms with van der Waals surface area (Å²) in [5.41, 5.74) is 5.12. The molecule has 0 radical (unpaired) electrons. The van der Waals surface area contributed by atoms with Crippen LogP contribution in [-0.2, 0) is 4.74 Å². The van der Waals surface area contributed by atoms with Gasteiger partial charge in [0.05, 0.1) is 31.0 Å². The zero-order chi connectivity index (χ0) is 17.3. The molecule has 0 N–H and O–H groups in total. The zero-order valence-electron chi connectivity index (χ0n) is 14.2. The van der Waals surface area contributed by atoms with E-state index >= 15 is 0 Å². The molecule has 4 heteroatoms. The van der Waals surface area contributed by atoms with Crippen molar-refractivity contribution in [3.63, 3.8) is 0 Å². The number of carbonyl (C=O) groups is 1. The molecule has 0 spiro atoms. The lowest BCUT2D eigenvalue weighted by molar-refractivity contribution is 0.0603. The van der Waals surface area contributed by atoms with Crippen molar-refractivity contribution >= 4 is 16.9 Å². The van der Waals surface area contributed by atoms with Crippen LogP contribution >= 0.6 is 0 Å². The number of aryl methyl sites for hydroxylation is 2. The normalized spacial score (nSPS) is 10.7. The van der Waals surface area contributed by atoms with Crippen molar-refractivity contribution in [2.45, 2.75) is 13.8 Å². The molecule has 0 amide bonds. The van der Waals surface area contributed by atoms with Gasteiger partial charge in [0.25, 0.3) is 0 Å². The number of esters is 1. The van der Waals surface area contributed by atoms with E-state index in [1.807, 2.05) is 44.2 Å². The summed E-state index contributed by atoms with van der Waals surface area (Å²) >= 11 is 0. The van der Waals surface area contributed by atoms with E-state index < -0.39 is 0 Å². The number of hydrogen-bond donors (Lipinski definition) is 0. The summed E-state index contributed by atoms with van der Waals surface area (Å²) in [5, 5.41) is 0.816. The molecule has 0 atom stereocenters. The quantitative estimate of drug-likeness (QED) is 0.674. The van der Waals surface area contributed by atoms with Crippen LogP contribution in [0, 0.1) is 13.8 Å². The summed E-state index contributed by atoms with van der Waals surface area (Å²) in [4.78, 5) is 17.0. The van der Waals surface area contributed by atoms with E-state index in [4.69, 9.17) is 14.5 Å². The zero-order valence-corrected chi connectivity index (χ0v) is 14.2. The Balaban J connectivity index is 2.27. The molecule has 0 aliphatic heterocycles. The average molecular weight is 321 g/mol. The highest BCUT2D eigenvalue weighted by Gasteiger charge is 2.16. The predicted molar refractivity (Wildman–Crippen MR) is 94.5 cm³/mol. The summed E-state index contributed by atoms with van der Waals surface area (Å²) < 4.78 is 10.2. The van der Waals surface area contributed by atoms with E-state index in [-0.39, 0.29) is 5.97 Å². The topological polar surface area (TPSA) is 48.4 Å². The first-order valence-electron chi connectivity index (χ1n) is 7.68. The fourth-order valence-electron chi connectivity index (χ4n) is 2.87. The lowest BCUT2D eigenvalue weighted by Gasteiger charge is -2.11. The fraction of sp³-hybridized carbons (Fsp3) is 0.200. The van der Waals surface area contributed by atoms with E-state index in [9.17, 15) is 4.79 Å². The maximum atomic E-state index is 12.3. The van der Waals surface area contributed by atoms with Crippen LogP contribution in [0.4, 0.5) is 0 Å². The first kappa shape index (κ1) is 16.0. The SMILES string of the molecule is COC(=O)c1cc(-c2ccc(OC)cc2)nc2c(C)cc(C)cc12. The third kappa shape index (κ3) is 2.83. The summed E-state index contributed by atoms with van der Waals surface area (Å²) in [6.07, 6.45) is 0. The van der Waals surface area contributed by atoms with Crippen LogP contribution in [0.2, 0.25) is 0 Å². The lowest BCUT2D eigenvalue weighted by atomic mass is 10.00. The minimum atomic E-state index is -0.359. The second-order valence-corrected chi connectivity index (χ2v) is 5.75. The van der Waals surface area contributed by atoms with Crippen molar-refractivity contribution in [2.24, 2.45) is 0 Å². The third-order valence-corrected chi connectivity index (χ3v) is 4.04. The largest absolute Gasteiger partial charge is 0.497 e. The second-order valence-electron chi connectivity index (χ2n) is 5.75. The van der Waals surface area contributed by atoms with Gasteiger partial charge in [0.15, 0.2) is 0 Å². The minimum Gasteiger partial charge on any atom is -0.497 e. The molecular weight excluding hydrogens is 302 g/mol. The minimum absolute atomic E-state index is 0.359. The summed E-state index contributed by atoms with van der Waals surface area (Å²) in [6, 6.07) is 13.4. The molecular formula is C20H19NO3. The van der Waals surface area contributed by atoms with Crippen LogP contribution in [0.3, 0.4) is 0 Å². The molecule has 24 heavy (non-hydrogen) atoms. The first-order valence-corrected chi connectivity index (χ1v) is 7.68. The van der Waals surface area contributed by atoms with Crippen LogP contribution in [0.15, 0.2) is 42.5 Å². The van der Waals surface area contributed by atoms with Gasteiger partial charge >= 0.3 is 5.97 Å². The Kier molecular flexibility index (Phi) is 4.21. The molecule has 0 saturated heterocycles. The van der Waals surface area contributed by atoms with E-state index in [0.29, 0.717) is 5.56 Å². The van der Waals surface area contributed by atoms with Gasteiger partial charge in [-0.25, -0.2) is 9.78 Å². The molecule has 3 aromatic rings. The lowest BCUT2D eigenvalue weighted by Crippen LogP contribution is -2.04. The first-order chi connectivity index (χ1) is 11.5. The van der Waals surface area contributed by atoms with E-state index in [0.717, 1.165) is 39.0 Å². The average Bonchev–Trinajstić information content (AvgIpc) is 2.60. The maximum absolute atomic E-state index is 12.3. The van der Waals surface area contributed by atoms with Gasteiger partial charge in [-0.1, -0.05) is 11.6 Å². The number of nitrogens with zero attached hydrogens (tertiary/aromatic N) is 1. The molecule has 0 bridgehead atoms. The van der Waals surface area contributed by atoms with Gasteiger partial charge in [-0.15, -0.1) is 0 Å². The molecule has 0 saturated carbocycles. The number of rotatable bonds is 3. The monoisotopic (exact) mass is 321 g/mol. The summed E-state index contributed by atoms with van der Waals surface area (Å²) in [6.45, 7) is 4.01. The van der Waals surface area contributed by atoms with Crippen LogP contribution in [0.5, 0.6) is 5.75 Å². The molecule has 0 aliphatic carbocycles. The molecule has 1 heterocycles. The van der Waals surface area contributed by atoms with Crippen LogP contribution < -0.4 is 4.74 Å². The number of methoxy groups -OCH3 is 2. The molecule has 1 aromatic heterocycles. The van der Waals surface area contributed by atoms with Crippen molar-refractivity contribution in [1.82, 2.24) is 4.98 Å². The number of hydrogen-bond acceptors (Lipinski definition) is 4. The van der Waals surface area contributed by atoms with Crippen molar-refractivity contribution in [2.75, 3.05) is 14.2 Å². The second kappa shape index (κ2) is 6.32. The Morgan fingerprint density at radius 1 is 1.00 bits per heavy atom. The number of ether oxygens (including phenoxy) is 2. The number of pyridine rings is 1. The van der Waals surface area contributed by atoms with Gasteiger partial charge in [-0.3, -0.25) is 0 Å². The Hall–Kier alpha value is -2.88. The van der Waals surface area contributed by atoms with E-state index in [1.165, 1.54) is 7.11 Å². The molecule has 3 rings (SSSR count). The fourth-order valence-corrected chi connectivity index (χ4v) is 2.87. The molecule has 4 nitrogen and oxygen atoms in total. The standard InChI is InChI=1S/C20H19NO3/c1-12-9-13(2)19-16(10-12)17(20(22)24-4)11-18(21-19)14-5-7-15(23-3)8-6-14/h5-11H,1-4H3. The predicted octanol–water partition coefficient (Wildman–Crippen LogP) is 4.31. The highest BCUT2D eigenvalue weighted by atomic mass is 16.5. The van der Waals surface area contributed by atoms with Gasteiger partial charge in [0.1, 0.15) is 5.75 Å². The van der Waals surface area contributed by atoms with Gasteiger partial charge in [0.2, 0.25) is 0 Å². The Bertz CT molecular complexity index is 914. The van der Waals surface area contributed by atoms with Crippen LogP contribution in [0.1, 0.15) is 21.5 Å². The molecule has 2 aromatic carbocycles. The van der Waals surface area contributed by atoms with Crippen molar-refractivity contribution in [3.05, 3.63) is 59.2 Å². The van der Waals surface area contributed by atoms with Crippen LogP contribution in [-0.4, -0.2) is 25.2 Å². The number of carbonyl (C=O) groups excluding carboxylic acids is 1. The third-order valence-electron chi connectivity index (χ3n) is 4.04. The van der Waals surface area contributed by atoms with E-state index in [1.54, 1.807) is 13.2 Å². The Morgan fingerprint density at radius 3 is 2.33 bits per heavy atom. The van der Waals surface area contributed by atoms with E-state index in [2.05, 4.69) is 6.07 Å². The molecule has 0 aliphatic rings. The summed E-state index contributed by atoms with van der Waals surface area (Å²) in [7, 11) is 3.02. The number of aromatic nitrogens is 1. The van der Waals surface area contributed by atoms with Crippen LogP contribution in [0.25, 0.3) is 22.2 Å². The Labute approximate surface area is 141 Å². The smallest absolute Gasteiger partial charge is 0.338 e. The maximum Gasteiger partial charge on any atom is 0.338 e. The van der Waals surface area contributed by atoms with Gasteiger partial charge in [-0.05, 0) is 55.8 Å². The van der Waals surface area contributed by atoms with Gasteiger partial charge < -0.3 is 9.47 Å².